The van der Waals surface area contributed by atoms with E-state index in [2.05, 4.69) is 5.32 Å². The van der Waals surface area contributed by atoms with Gasteiger partial charge >= 0.3 is 0 Å². The van der Waals surface area contributed by atoms with Gasteiger partial charge in [0.1, 0.15) is 5.82 Å². The lowest BCUT2D eigenvalue weighted by atomic mass is 10.0. The molecular formula is C13H20ClFN2O2. The topological polar surface area (TPSA) is 75.4 Å². The molecule has 0 aromatic heterocycles. The summed E-state index contributed by atoms with van der Waals surface area (Å²) in [5.41, 5.74) is 6.55. The maximum absolute atomic E-state index is 13.4. The molecule has 0 saturated heterocycles. The highest BCUT2D eigenvalue weighted by Gasteiger charge is 2.16. The SMILES string of the molecule is CC(C)[C@H](N)C(=O)NCc1ccc(CO)c(F)c1.Cl. The van der Waals surface area contributed by atoms with Gasteiger partial charge in [0.05, 0.1) is 12.6 Å². The van der Waals surface area contributed by atoms with Crippen molar-refractivity contribution in [2.45, 2.75) is 33.0 Å². The van der Waals surface area contributed by atoms with Crippen LogP contribution in [0, 0.1) is 11.7 Å². The highest BCUT2D eigenvalue weighted by molar-refractivity contribution is 5.85. The quantitative estimate of drug-likeness (QED) is 0.766. The Balaban J connectivity index is 0.00000324. The molecule has 1 aromatic rings. The van der Waals surface area contributed by atoms with E-state index in [9.17, 15) is 9.18 Å². The van der Waals surface area contributed by atoms with Crippen LogP contribution in [0.1, 0.15) is 25.0 Å². The van der Waals surface area contributed by atoms with E-state index in [0.717, 1.165) is 0 Å². The minimum atomic E-state index is -0.563. The summed E-state index contributed by atoms with van der Waals surface area (Å²) in [7, 11) is 0. The summed E-state index contributed by atoms with van der Waals surface area (Å²) in [6, 6.07) is 3.90. The lowest BCUT2D eigenvalue weighted by Gasteiger charge is -2.15. The summed E-state index contributed by atoms with van der Waals surface area (Å²) in [6.45, 7) is 3.61. The summed E-state index contributed by atoms with van der Waals surface area (Å²) in [5.74, 6) is -0.674. The first kappa shape index (κ1) is 17.8. The van der Waals surface area contributed by atoms with E-state index < -0.39 is 11.9 Å². The van der Waals surface area contributed by atoms with Crippen LogP contribution in [-0.4, -0.2) is 17.1 Å². The van der Waals surface area contributed by atoms with Gasteiger partial charge in [-0.3, -0.25) is 4.79 Å². The third kappa shape index (κ3) is 5.14. The minimum absolute atomic E-state index is 0. The molecule has 1 amide bonds. The number of carbonyl (C=O) groups is 1. The molecular weight excluding hydrogens is 271 g/mol. The number of hydrogen-bond acceptors (Lipinski definition) is 3. The van der Waals surface area contributed by atoms with Gasteiger partial charge in [-0.25, -0.2) is 4.39 Å². The van der Waals surface area contributed by atoms with Gasteiger partial charge in [0.15, 0.2) is 0 Å². The van der Waals surface area contributed by atoms with E-state index in [0.29, 0.717) is 5.56 Å². The molecule has 1 aromatic carbocycles. The lowest BCUT2D eigenvalue weighted by Crippen LogP contribution is -2.43. The van der Waals surface area contributed by atoms with Crippen LogP contribution in [0.5, 0.6) is 0 Å². The fourth-order valence-corrected chi connectivity index (χ4v) is 1.44. The molecule has 4 nitrogen and oxygen atoms in total. The molecule has 6 heteroatoms. The van der Waals surface area contributed by atoms with Crippen molar-refractivity contribution in [1.29, 1.82) is 0 Å². The van der Waals surface area contributed by atoms with Crippen molar-refractivity contribution in [3.05, 3.63) is 35.1 Å². The second-order valence-corrected chi connectivity index (χ2v) is 4.57. The molecule has 19 heavy (non-hydrogen) atoms. The van der Waals surface area contributed by atoms with Gasteiger partial charge in [0.2, 0.25) is 5.91 Å². The van der Waals surface area contributed by atoms with E-state index in [1.54, 1.807) is 6.07 Å². The maximum Gasteiger partial charge on any atom is 0.237 e. The number of nitrogens with two attached hydrogens (primary N) is 1. The Morgan fingerprint density at radius 1 is 1.47 bits per heavy atom. The van der Waals surface area contributed by atoms with E-state index in [4.69, 9.17) is 10.8 Å². The van der Waals surface area contributed by atoms with Gasteiger partial charge in [0.25, 0.3) is 0 Å². The predicted molar refractivity (Wildman–Crippen MR) is 74.2 cm³/mol. The zero-order valence-electron chi connectivity index (χ0n) is 11.0. The van der Waals surface area contributed by atoms with Crippen LogP contribution >= 0.6 is 12.4 Å². The monoisotopic (exact) mass is 290 g/mol. The zero-order valence-corrected chi connectivity index (χ0v) is 11.8. The molecule has 0 aliphatic rings. The summed E-state index contributed by atoms with van der Waals surface area (Å²) in [4.78, 5) is 11.6. The Morgan fingerprint density at radius 2 is 2.11 bits per heavy atom. The van der Waals surface area contributed by atoms with Gasteiger partial charge in [-0.05, 0) is 17.5 Å². The first-order valence-electron chi connectivity index (χ1n) is 5.87. The van der Waals surface area contributed by atoms with Gasteiger partial charge in [0, 0.05) is 12.1 Å². The fourth-order valence-electron chi connectivity index (χ4n) is 1.44. The molecule has 0 bridgehead atoms. The number of aliphatic hydroxyl groups excluding tert-OH is 1. The second kappa shape index (κ2) is 8.09. The molecule has 0 unspecified atom stereocenters. The molecule has 0 spiro atoms. The molecule has 1 atom stereocenters. The molecule has 0 fully saturated rings. The molecule has 0 aliphatic carbocycles. The lowest BCUT2D eigenvalue weighted by molar-refractivity contribution is -0.123. The second-order valence-electron chi connectivity index (χ2n) is 4.57. The number of hydrogen-bond donors (Lipinski definition) is 3. The van der Waals surface area contributed by atoms with Crippen molar-refractivity contribution >= 4 is 18.3 Å². The van der Waals surface area contributed by atoms with Crippen molar-refractivity contribution in [1.82, 2.24) is 5.32 Å². The maximum atomic E-state index is 13.4. The van der Waals surface area contributed by atoms with Crippen molar-refractivity contribution in [2.75, 3.05) is 0 Å². The van der Waals surface area contributed by atoms with Crippen molar-refractivity contribution in [3.63, 3.8) is 0 Å². The number of carbonyl (C=O) groups excluding carboxylic acids is 1. The molecule has 108 valence electrons. The van der Waals surface area contributed by atoms with Crippen LogP contribution < -0.4 is 11.1 Å². The van der Waals surface area contributed by atoms with Crippen LogP contribution in [0.2, 0.25) is 0 Å². The predicted octanol–water partition coefficient (Wildman–Crippen LogP) is 1.34. The van der Waals surface area contributed by atoms with E-state index in [1.165, 1.54) is 12.1 Å². The zero-order chi connectivity index (χ0) is 13.7. The number of amides is 1. The Labute approximate surface area is 118 Å². The number of benzene rings is 1. The highest BCUT2D eigenvalue weighted by atomic mass is 35.5. The molecule has 1 rings (SSSR count). The van der Waals surface area contributed by atoms with E-state index >= 15 is 0 Å². The summed E-state index contributed by atoms with van der Waals surface area (Å²) in [6.07, 6.45) is 0. The van der Waals surface area contributed by atoms with Crippen molar-refractivity contribution in [3.8, 4) is 0 Å². The third-order valence-corrected chi connectivity index (χ3v) is 2.78. The number of halogens is 2. The Morgan fingerprint density at radius 3 is 2.58 bits per heavy atom. The van der Waals surface area contributed by atoms with Crippen molar-refractivity contribution < 1.29 is 14.3 Å². The van der Waals surface area contributed by atoms with E-state index in [1.807, 2.05) is 13.8 Å². The minimum Gasteiger partial charge on any atom is -0.392 e. The average Bonchev–Trinajstić information content (AvgIpc) is 2.35. The van der Waals surface area contributed by atoms with E-state index in [-0.39, 0.29) is 42.9 Å². The molecule has 0 aliphatic heterocycles. The number of rotatable bonds is 5. The molecule has 0 radical (unpaired) electrons. The van der Waals surface area contributed by atoms with Crippen LogP contribution in [0.15, 0.2) is 18.2 Å². The van der Waals surface area contributed by atoms with Gasteiger partial charge in [-0.2, -0.15) is 0 Å². The average molecular weight is 291 g/mol. The number of nitrogens with one attached hydrogen (secondary N) is 1. The Bertz CT molecular complexity index is 427. The summed E-state index contributed by atoms with van der Waals surface area (Å²) >= 11 is 0. The molecule has 0 heterocycles. The smallest absolute Gasteiger partial charge is 0.237 e. The van der Waals surface area contributed by atoms with Crippen LogP contribution in [0.3, 0.4) is 0 Å². The molecule has 4 N–H and O–H groups in total. The summed E-state index contributed by atoms with van der Waals surface area (Å²) < 4.78 is 13.4. The van der Waals surface area contributed by atoms with Crippen LogP contribution in [0.25, 0.3) is 0 Å². The van der Waals surface area contributed by atoms with Gasteiger partial charge in [-0.15, -0.1) is 12.4 Å². The normalized spacial score (nSPS) is 11.9. The first-order chi connectivity index (χ1) is 8.45. The molecule has 0 saturated carbocycles. The standard InChI is InChI=1S/C13H19FN2O2.ClH/c1-8(2)12(15)13(18)16-6-9-3-4-10(7-17)11(14)5-9;/h3-5,8,12,17H,6-7,15H2,1-2H3,(H,16,18);1H/t12-;/m0./s1. The number of aliphatic hydroxyl groups is 1. The summed E-state index contributed by atoms with van der Waals surface area (Å²) in [5, 5.41) is 11.5. The Kier molecular flexibility index (Phi) is 7.59. The van der Waals surface area contributed by atoms with Gasteiger partial charge < -0.3 is 16.2 Å². The fraction of sp³-hybridized carbons (Fsp3) is 0.462. The van der Waals surface area contributed by atoms with Crippen molar-refractivity contribution in [2.24, 2.45) is 11.7 Å². The largest absolute Gasteiger partial charge is 0.392 e. The van der Waals surface area contributed by atoms with Crippen LogP contribution in [-0.2, 0) is 17.9 Å². The van der Waals surface area contributed by atoms with Crippen LogP contribution in [0.4, 0.5) is 4.39 Å². The first-order valence-corrected chi connectivity index (χ1v) is 5.87. The third-order valence-electron chi connectivity index (χ3n) is 2.78. The van der Waals surface area contributed by atoms with Gasteiger partial charge in [-0.1, -0.05) is 26.0 Å². The highest BCUT2D eigenvalue weighted by Crippen LogP contribution is 2.10. The Hall–Kier alpha value is -1.17.